The Labute approximate surface area is 144 Å². The molecule has 24 heavy (non-hydrogen) atoms. The molecule has 3 rings (SSSR count). The van der Waals surface area contributed by atoms with E-state index in [0.717, 1.165) is 13.1 Å². The van der Waals surface area contributed by atoms with Crippen molar-refractivity contribution < 1.29 is 4.79 Å². The van der Waals surface area contributed by atoms with E-state index < -0.39 is 0 Å². The monoisotopic (exact) mass is 322 g/mol. The molecule has 3 heteroatoms. The van der Waals surface area contributed by atoms with Gasteiger partial charge < -0.3 is 10.6 Å². The van der Waals surface area contributed by atoms with Crippen molar-refractivity contribution in [3.8, 4) is 0 Å². The fraction of sp³-hybridized carbons (Fsp3) is 0.381. The van der Waals surface area contributed by atoms with Crippen LogP contribution in [0.5, 0.6) is 0 Å². The van der Waals surface area contributed by atoms with Gasteiger partial charge in [0, 0.05) is 18.7 Å². The van der Waals surface area contributed by atoms with Gasteiger partial charge in [-0.05, 0) is 41.2 Å². The maximum absolute atomic E-state index is 12.6. The summed E-state index contributed by atoms with van der Waals surface area (Å²) in [6.07, 6.45) is 0. The minimum Gasteiger partial charge on any atom is -0.344 e. The molecule has 2 aromatic carbocycles. The number of amides is 1. The highest BCUT2D eigenvalue weighted by atomic mass is 16.1. The molecule has 3 nitrogen and oxygen atoms in total. The Morgan fingerprint density at radius 1 is 1.12 bits per heavy atom. The first-order valence-electron chi connectivity index (χ1n) is 8.56. The zero-order valence-electron chi connectivity index (χ0n) is 14.9. The maximum atomic E-state index is 12.6. The summed E-state index contributed by atoms with van der Waals surface area (Å²) in [4.78, 5) is 12.6. The molecule has 0 saturated heterocycles. The van der Waals surface area contributed by atoms with Crippen molar-refractivity contribution in [2.75, 3.05) is 6.54 Å². The number of benzene rings is 2. The van der Waals surface area contributed by atoms with Gasteiger partial charge in [-0.3, -0.25) is 4.79 Å². The summed E-state index contributed by atoms with van der Waals surface area (Å²) in [5.74, 6) is -0.0179. The van der Waals surface area contributed by atoms with Crippen LogP contribution in [0.15, 0.2) is 42.5 Å². The summed E-state index contributed by atoms with van der Waals surface area (Å²) in [5.41, 5.74) is 5.79. The zero-order chi connectivity index (χ0) is 17.3. The molecule has 0 radical (unpaired) electrons. The average Bonchev–Trinajstić information content (AvgIpc) is 2.54. The van der Waals surface area contributed by atoms with Crippen LogP contribution < -0.4 is 10.6 Å². The van der Waals surface area contributed by atoms with Crippen LogP contribution in [0, 0.1) is 6.92 Å². The molecule has 0 spiro atoms. The second-order valence-corrected chi connectivity index (χ2v) is 7.69. The number of carbonyl (C=O) groups excluding carboxylic acids is 1. The van der Waals surface area contributed by atoms with Gasteiger partial charge in [0.15, 0.2) is 0 Å². The Balaban J connectivity index is 1.76. The summed E-state index contributed by atoms with van der Waals surface area (Å²) < 4.78 is 0. The van der Waals surface area contributed by atoms with E-state index >= 15 is 0 Å². The number of nitrogens with one attached hydrogen (secondary N) is 2. The van der Waals surface area contributed by atoms with Gasteiger partial charge in [-0.1, -0.05) is 56.7 Å². The van der Waals surface area contributed by atoms with Crippen LogP contribution in [0.1, 0.15) is 59.4 Å². The highest BCUT2D eigenvalue weighted by molar-refractivity contribution is 5.94. The molecule has 1 heterocycles. The van der Waals surface area contributed by atoms with Gasteiger partial charge >= 0.3 is 0 Å². The van der Waals surface area contributed by atoms with E-state index in [4.69, 9.17) is 0 Å². The molecule has 1 unspecified atom stereocenters. The van der Waals surface area contributed by atoms with Gasteiger partial charge in [-0.15, -0.1) is 0 Å². The summed E-state index contributed by atoms with van der Waals surface area (Å²) in [5, 5.41) is 6.56. The van der Waals surface area contributed by atoms with Crippen LogP contribution in [-0.4, -0.2) is 12.5 Å². The normalized spacial score (nSPS) is 17.2. The van der Waals surface area contributed by atoms with Crippen molar-refractivity contribution >= 4 is 5.91 Å². The standard InChI is InChI=1S/C21H26N2O/c1-14-5-10-18-16(11-14)12-22-13-19(18)23-20(24)15-6-8-17(9-7-15)21(2,3)4/h5-11,19,22H,12-13H2,1-4H3,(H,23,24). The number of carbonyl (C=O) groups is 1. The lowest BCUT2D eigenvalue weighted by Gasteiger charge is -2.27. The third kappa shape index (κ3) is 3.51. The van der Waals surface area contributed by atoms with Gasteiger partial charge in [-0.2, -0.15) is 0 Å². The number of fused-ring (bicyclic) bond motifs is 1. The van der Waals surface area contributed by atoms with Crippen molar-refractivity contribution in [2.45, 2.75) is 45.7 Å². The average molecular weight is 322 g/mol. The van der Waals surface area contributed by atoms with Gasteiger partial charge in [0.25, 0.3) is 5.91 Å². The minimum atomic E-state index is -0.0179. The highest BCUT2D eigenvalue weighted by Crippen LogP contribution is 2.24. The molecule has 126 valence electrons. The Morgan fingerprint density at radius 2 is 1.83 bits per heavy atom. The second-order valence-electron chi connectivity index (χ2n) is 7.69. The number of hydrogen-bond donors (Lipinski definition) is 2. The molecule has 0 aromatic heterocycles. The minimum absolute atomic E-state index is 0.0177. The lowest BCUT2D eigenvalue weighted by molar-refractivity contribution is 0.0934. The first-order valence-corrected chi connectivity index (χ1v) is 8.56. The first-order chi connectivity index (χ1) is 11.3. The highest BCUT2D eigenvalue weighted by Gasteiger charge is 2.22. The molecule has 1 amide bonds. The van der Waals surface area contributed by atoms with Crippen molar-refractivity contribution in [2.24, 2.45) is 0 Å². The fourth-order valence-corrected chi connectivity index (χ4v) is 3.18. The summed E-state index contributed by atoms with van der Waals surface area (Å²) in [6.45, 7) is 10.3. The lowest BCUT2D eigenvalue weighted by Crippen LogP contribution is -2.39. The van der Waals surface area contributed by atoms with Crippen LogP contribution in [0.3, 0.4) is 0 Å². The third-order valence-electron chi connectivity index (χ3n) is 4.66. The van der Waals surface area contributed by atoms with E-state index in [0.29, 0.717) is 5.56 Å². The zero-order valence-corrected chi connectivity index (χ0v) is 14.9. The van der Waals surface area contributed by atoms with Crippen molar-refractivity contribution in [3.05, 3.63) is 70.3 Å². The Morgan fingerprint density at radius 3 is 2.50 bits per heavy atom. The molecule has 2 aromatic rings. The van der Waals surface area contributed by atoms with Crippen LogP contribution in [0.4, 0.5) is 0 Å². The Kier molecular flexibility index (Phi) is 4.46. The number of aryl methyl sites for hydroxylation is 1. The van der Waals surface area contributed by atoms with E-state index in [1.54, 1.807) is 0 Å². The lowest BCUT2D eigenvalue weighted by atomic mass is 9.86. The quantitative estimate of drug-likeness (QED) is 0.881. The van der Waals surface area contributed by atoms with Crippen molar-refractivity contribution in [1.82, 2.24) is 10.6 Å². The molecule has 0 saturated carbocycles. The first kappa shape index (κ1) is 16.7. The van der Waals surface area contributed by atoms with E-state index in [2.05, 4.69) is 56.5 Å². The van der Waals surface area contributed by atoms with Crippen LogP contribution in [0.2, 0.25) is 0 Å². The molecule has 0 aliphatic carbocycles. The van der Waals surface area contributed by atoms with E-state index in [1.807, 2.05) is 24.3 Å². The van der Waals surface area contributed by atoms with E-state index in [-0.39, 0.29) is 17.4 Å². The summed E-state index contributed by atoms with van der Waals surface area (Å²) >= 11 is 0. The Bertz CT molecular complexity index is 741. The second kappa shape index (κ2) is 6.40. The summed E-state index contributed by atoms with van der Waals surface area (Å²) in [7, 11) is 0. The molecule has 0 fully saturated rings. The predicted octanol–water partition coefficient (Wildman–Crippen LogP) is 3.87. The molecule has 1 atom stereocenters. The van der Waals surface area contributed by atoms with Crippen LogP contribution in [-0.2, 0) is 12.0 Å². The molecular weight excluding hydrogens is 296 g/mol. The molecule has 1 aliphatic heterocycles. The van der Waals surface area contributed by atoms with Gasteiger partial charge in [0.05, 0.1) is 6.04 Å². The molecule has 0 bridgehead atoms. The van der Waals surface area contributed by atoms with Gasteiger partial charge in [0.2, 0.25) is 0 Å². The fourth-order valence-electron chi connectivity index (χ4n) is 3.18. The molecule has 2 N–H and O–H groups in total. The molecular formula is C21H26N2O. The number of rotatable bonds is 2. The topological polar surface area (TPSA) is 41.1 Å². The van der Waals surface area contributed by atoms with Crippen LogP contribution >= 0.6 is 0 Å². The predicted molar refractivity (Wildman–Crippen MR) is 98.2 cm³/mol. The largest absolute Gasteiger partial charge is 0.344 e. The maximum Gasteiger partial charge on any atom is 0.251 e. The smallest absolute Gasteiger partial charge is 0.251 e. The SMILES string of the molecule is Cc1ccc2c(c1)CNCC2NC(=O)c1ccc(C(C)(C)C)cc1. The van der Waals surface area contributed by atoms with Gasteiger partial charge in [0.1, 0.15) is 0 Å². The summed E-state index contributed by atoms with van der Waals surface area (Å²) in [6, 6.07) is 14.4. The number of hydrogen-bond acceptors (Lipinski definition) is 2. The van der Waals surface area contributed by atoms with Crippen LogP contribution in [0.25, 0.3) is 0 Å². The van der Waals surface area contributed by atoms with E-state index in [1.165, 1.54) is 22.3 Å². The Hall–Kier alpha value is -2.13. The molecule has 1 aliphatic rings. The van der Waals surface area contributed by atoms with E-state index in [9.17, 15) is 4.79 Å². The van der Waals surface area contributed by atoms with Crippen molar-refractivity contribution in [1.29, 1.82) is 0 Å². The third-order valence-corrected chi connectivity index (χ3v) is 4.66. The van der Waals surface area contributed by atoms with Crippen molar-refractivity contribution in [3.63, 3.8) is 0 Å². The van der Waals surface area contributed by atoms with Gasteiger partial charge in [-0.25, -0.2) is 0 Å².